The quantitative estimate of drug-likeness (QED) is 0.614. The summed E-state index contributed by atoms with van der Waals surface area (Å²) in [6.07, 6.45) is 4.52. The molecule has 0 bridgehead atoms. The van der Waals surface area contributed by atoms with Gasteiger partial charge in [-0.05, 0) is 29.7 Å². The molecule has 1 aromatic rings. The molecule has 0 heterocycles. The van der Waals surface area contributed by atoms with Gasteiger partial charge in [-0.15, -0.1) is 0 Å². The Hall–Kier alpha value is -1.37. The summed E-state index contributed by atoms with van der Waals surface area (Å²) >= 11 is 0. The normalized spacial score (nSPS) is 11.4. The second-order valence-corrected chi connectivity index (χ2v) is 2.79. The number of hydrogen-bond acceptors (Lipinski definition) is 0. The van der Waals surface area contributed by atoms with E-state index < -0.39 is 0 Å². The largest absolute Gasteiger partial charge is 0.207 e. The smallest absolute Gasteiger partial charge is 0.123 e. The molecule has 0 aliphatic heterocycles. The number of hydrogen-bond donors (Lipinski definition) is 0. The summed E-state index contributed by atoms with van der Waals surface area (Å²) in [6.45, 7) is 5.67. The van der Waals surface area contributed by atoms with Gasteiger partial charge < -0.3 is 0 Å². The molecule has 13 heavy (non-hydrogen) atoms. The predicted molar refractivity (Wildman–Crippen MR) is 54.9 cm³/mol. The van der Waals surface area contributed by atoms with Gasteiger partial charge in [0.1, 0.15) is 5.82 Å². The van der Waals surface area contributed by atoms with Crippen molar-refractivity contribution in [3.05, 3.63) is 54.4 Å². The third-order valence-corrected chi connectivity index (χ3v) is 1.90. The van der Waals surface area contributed by atoms with Crippen molar-refractivity contribution in [1.82, 2.24) is 0 Å². The third kappa shape index (κ3) is 2.55. The van der Waals surface area contributed by atoms with Crippen LogP contribution >= 0.6 is 0 Å². The molecule has 0 saturated heterocycles. The summed E-state index contributed by atoms with van der Waals surface area (Å²) in [4.78, 5) is 0. The van der Waals surface area contributed by atoms with E-state index >= 15 is 0 Å². The lowest BCUT2D eigenvalue weighted by molar-refractivity contribution is 0.627. The lowest BCUT2D eigenvalue weighted by Crippen LogP contribution is -1.83. The van der Waals surface area contributed by atoms with Crippen LogP contribution in [0.2, 0.25) is 0 Å². The van der Waals surface area contributed by atoms with Crippen LogP contribution in [0.4, 0.5) is 4.39 Å². The van der Waals surface area contributed by atoms with E-state index in [1.807, 2.05) is 19.1 Å². The van der Waals surface area contributed by atoms with E-state index in [0.717, 1.165) is 17.6 Å². The summed E-state index contributed by atoms with van der Waals surface area (Å²) in [6, 6.07) is 6.61. The van der Waals surface area contributed by atoms with Gasteiger partial charge in [0.15, 0.2) is 0 Å². The molecule has 0 aliphatic rings. The summed E-state index contributed by atoms with van der Waals surface area (Å²) in [7, 11) is 0. The number of rotatable bonds is 3. The fraction of sp³-hybridized carbons (Fsp3) is 0.167. The molecule has 68 valence electrons. The third-order valence-electron chi connectivity index (χ3n) is 1.90. The Kier molecular flexibility index (Phi) is 3.44. The van der Waals surface area contributed by atoms with Crippen molar-refractivity contribution in [1.29, 1.82) is 0 Å². The average Bonchev–Trinajstić information content (AvgIpc) is 2.14. The zero-order valence-corrected chi connectivity index (χ0v) is 7.76. The minimum atomic E-state index is -0.194. The van der Waals surface area contributed by atoms with Crippen LogP contribution in [0.5, 0.6) is 0 Å². The molecule has 0 atom stereocenters. The van der Waals surface area contributed by atoms with Gasteiger partial charge in [-0.25, -0.2) is 4.39 Å². The highest BCUT2D eigenvalue weighted by Gasteiger charge is 1.98. The average molecular weight is 176 g/mol. The van der Waals surface area contributed by atoms with Crippen LogP contribution in [0.3, 0.4) is 0 Å². The Morgan fingerprint density at radius 2 is 2.31 bits per heavy atom. The molecule has 0 N–H and O–H groups in total. The standard InChI is InChI=1S/C12H13F/c1-3-6-10(4-2)11-7-5-8-12(13)9-11/h3,5-9H,1,4H2,2H3/b10-6+. The number of allylic oxidation sites excluding steroid dienone is 3. The van der Waals surface area contributed by atoms with Crippen LogP contribution in [0.1, 0.15) is 18.9 Å². The fourth-order valence-corrected chi connectivity index (χ4v) is 1.25. The Bertz CT molecular complexity index is 324. The Morgan fingerprint density at radius 3 is 2.85 bits per heavy atom. The van der Waals surface area contributed by atoms with Gasteiger partial charge in [-0.1, -0.05) is 37.8 Å². The van der Waals surface area contributed by atoms with Gasteiger partial charge in [-0.2, -0.15) is 0 Å². The molecule has 1 heteroatoms. The van der Waals surface area contributed by atoms with E-state index in [0.29, 0.717) is 0 Å². The minimum Gasteiger partial charge on any atom is -0.207 e. The van der Waals surface area contributed by atoms with Crippen molar-refractivity contribution in [2.45, 2.75) is 13.3 Å². The lowest BCUT2D eigenvalue weighted by atomic mass is 10.0. The van der Waals surface area contributed by atoms with E-state index in [4.69, 9.17) is 0 Å². The van der Waals surface area contributed by atoms with E-state index in [1.54, 1.807) is 18.2 Å². The molecule has 0 aromatic heterocycles. The molecule has 0 saturated carbocycles. The van der Waals surface area contributed by atoms with Gasteiger partial charge in [0, 0.05) is 0 Å². The Labute approximate surface area is 78.4 Å². The second-order valence-electron chi connectivity index (χ2n) is 2.79. The molecular formula is C12H13F. The minimum absolute atomic E-state index is 0.194. The first-order chi connectivity index (χ1) is 6.27. The van der Waals surface area contributed by atoms with Crippen molar-refractivity contribution in [3.8, 4) is 0 Å². The van der Waals surface area contributed by atoms with Gasteiger partial charge in [0.05, 0.1) is 0 Å². The maximum atomic E-state index is 12.9. The summed E-state index contributed by atoms with van der Waals surface area (Å²) in [5, 5.41) is 0. The highest BCUT2D eigenvalue weighted by atomic mass is 19.1. The van der Waals surface area contributed by atoms with Gasteiger partial charge in [-0.3, -0.25) is 0 Å². The van der Waals surface area contributed by atoms with E-state index in [9.17, 15) is 4.39 Å². The van der Waals surface area contributed by atoms with Gasteiger partial charge in [0.2, 0.25) is 0 Å². The van der Waals surface area contributed by atoms with Crippen molar-refractivity contribution in [2.24, 2.45) is 0 Å². The second kappa shape index (κ2) is 4.61. The summed E-state index contributed by atoms with van der Waals surface area (Å²) < 4.78 is 12.9. The highest BCUT2D eigenvalue weighted by Crippen LogP contribution is 2.18. The summed E-state index contributed by atoms with van der Waals surface area (Å²) in [5.41, 5.74) is 2.04. The molecule has 0 radical (unpaired) electrons. The van der Waals surface area contributed by atoms with Crippen LogP contribution in [-0.4, -0.2) is 0 Å². The Balaban J connectivity index is 3.05. The number of benzene rings is 1. The van der Waals surface area contributed by atoms with Crippen LogP contribution in [0, 0.1) is 5.82 Å². The monoisotopic (exact) mass is 176 g/mol. The van der Waals surface area contributed by atoms with Crippen molar-refractivity contribution in [3.63, 3.8) is 0 Å². The fourth-order valence-electron chi connectivity index (χ4n) is 1.25. The predicted octanol–water partition coefficient (Wildman–Crippen LogP) is 3.81. The molecule has 0 nitrogen and oxygen atoms in total. The van der Waals surface area contributed by atoms with Crippen LogP contribution in [0.15, 0.2) is 43.0 Å². The molecule has 0 spiro atoms. The molecular weight excluding hydrogens is 163 g/mol. The van der Waals surface area contributed by atoms with Crippen LogP contribution < -0.4 is 0 Å². The van der Waals surface area contributed by atoms with E-state index in [1.165, 1.54) is 6.07 Å². The van der Waals surface area contributed by atoms with Gasteiger partial charge in [0.25, 0.3) is 0 Å². The summed E-state index contributed by atoms with van der Waals surface area (Å²) in [5.74, 6) is -0.194. The zero-order valence-electron chi connectivity index (χ0n) is 7.76. The zero-order chi connectivity index (χ0) is 9.68. The Morgan fingerprint density at radius 1 is 1.54 bits per heavy atom. The van der Waals surface area contributed by atoms with Crippen molar-refractivity contribution in [2.75, 3.05) is 0 Å². The van der Waals surface area contributed by atoms with Crippen molar-refractivity contribution < 1.29 is 4.39 Å². The topological polar surface area (TPSA) is 0 Å². The first-order valence-electron chi connectivity index (χ1n) is 4.35. The maximum Gasteiger partial charge on any atom is 0.123 e. The van der Waals surface area contributed by atoms with Crippen LogP contribution in [-0.2, 0) is 0 Å². The number of halogens is 1. The molecule has 1 aromatic carbocycles. The van der Waals surface area contributed by atoms with Gasteiger partial charge >= 0.3 is 0 Å². The van der Waals surface area contributed by atoms with Crippen LogP contribution in [0.25, 0.3) is 5.57 Å². The molecule has 0 aliphatic carbocycles. The molecule has 0 fully saturated rings. The SMILES string of the molecule is C=C/C=C(\CC)c1cccc(F)c1. The van der Waals surface area contributed by atoms with Crippen molar-refractivity contribution >= 4 is 5.57 Å². The molecule has 0 amide bonds. The molecule has 0 unspecified atom stereocenters. The first kappa shape index (κ1) is 9.72. The first-order valence-corrected chi connectivity index (χ1v) is 4.35. The lowest BCUT2D eigenvalue weighted by Gasteiger charge is -2.03. The highest BCUT2D eigenvalue weighted by molar-refractivity contribution is 5.66. The molecule has 1 rings (SSSR count). The van der Waals surface area contributed by atoms with E-state index in [2.05, 4.69) is 6.58 Å². The van der Waals surface area contributed by atoms with E-state index in [-0.39, 0.29) is 5.82 Å². The maximum absolute atomic E-state index is 12.9.